The number of carbonyl (C=O) groups excluding carboxylic acids is 1. The van der Waals surface area contributed by atoms with Crippen molar-refractivity contribution < 1.29 is 9.53 Å². The molecule has 156 valence electrons. The lowest BCUT2D eigenvalue weighted by atomic mass is 10.1. The molecule has 0 radical (unpaired) electrons. The third-order valence-electron chi connectivity index (χ3n) is 5.50. The Morgan fingerprint density at radius 2 is 1.87 bits per heavy atom. The lowest BCUT2D eigenvalue weighted by Crippen LogP contribution is -2.36. The van der Waals surface area contributed by atoms with Crippen LogP contribution in [-0.4, -0.2) is 37.2 Å². The molecule has 4 rings (SSSR count). The molecule has 2 N–H and O–H groups in total. The number of benzene rings is 2. The van der Waals surface area contributed by atoms with E-state index in [0.29, 0.717) is 18.5 Å². The van der Waals surface area contributed by atoms with Gasteiger partial charge in [-0.15, -0.1) is 0 Å². The van der Waals surface area contributed by atoms with Gasteiger partial charge in [-0.3, -0.25) is 9.59 Å². The van der Waals surface area contributed by atoms with Gasteiger partial charge >= 0.3 is 0 Å². The van der Waals surface area contributed by atoms with Gasteiger partial charge in [0.05, 0.1) is 13.2 Å². The van der Waals surface area contributed by atoms with Crippen molar-refractivity contribution in [2.24, 2.45) is 0 Å². The zero-order valence-corrected chi connectivity index (χ0v) is 17.2. The molecule has 1 amide bonds. The van der Waals surface area contributed by atoms with Crippen LogP contribution < -0.4 is 15.8 Å². The van der Waals surface area contributed by atoms with Crippen molar-refractivity contribution in [3.8, 4) is 0 Å². The molecule has 1 saturated heterocycles. The predicted octanol–water partition coefficient (Wildman–Crippen LogP) is 2.92. The quantitative estimate of drug-likeness (QED) is 0.661. The van der Waals surface area contributed by atoms with Crippen molar-refractivity contribution in [1.82, 2.24) is 10.3 Å². The largest absolute Gasteiger partial charge is 0.378 e. The molecule has 1 fully saturated rings. The number of aryl methyl sites for hydroxylation is 2. The second kappa shape index (κ2) is 9.13. The molecular formula is C24H27N3O3. The van der Waals surface area contributed by atoms with E-state index in [9.17, 15) is 9.59 Å². The summed E-state index contributed by atoms with van der Waals surface area (Å²) in [7, 11) is 0. The number of rotatable bonds is 6. The molecule has 1 aromatic heterocycles. The average molecular weight is 405 g/mol. The van der Waals surface area contributed by atoms with E-state index in [2.05, 4.69) is 27.3 Å². The molecule has 0 saturated carbocycles. The van der Waals surface area contributed by atoms with Crippen molar-refractivity contribution in [2.45, 2.75) is 26.3 Å². The first-order valence-electron chi connectivity index (χ1n) is 10.4. The Hall–Kier alpha value is -3.12. The first kappa shape index (κ1) is 20.2. The number of aromatic amines is 1. The lowest BCUT2D eigenvalue weighted by Gasteiger charge is -2.28. The topological polar surface area (TPSA) is 74.4 Å². The summed E-state index contributed by atoms with van der Waals surface area (Å²) in [6.07, 6.45) is 0.702. The van der Waals surface area contributed by atoms with Crippen LogP contribution in [0.25, 0.3) is 10.9 Å². The first-order chi connectivity index (χ1) is 14.6. The summed E-state index contributed by atoms with van der Waals surface area (Å²) in [6.45, 7) is 5.81. The van der Waals surface area contributed by atoms with Gasteiger partial charge in [-0.25, -0.2) is 0 Å². The second-order valence-electron chi connectivity index (χ2n) is 7.76. The summed E-state index contributed by atoms with van der Waals surface area (Å²) in [5.41, 5.74) is 4.67. The highest BCUT2D eigenvalue weighted by atomic mass is 16.5. The number of fused-ring (bicyclic) bond motifs is 1. The van der Waals surface area contributed by atoms with Crippen LogP contribution in [0.1, 0.15) is 23.1 Å². The van der Waals surface area contributed by atoms with Crippen molar-refractivity contribution in [1.29, 1.82) is 0 Å². The van der Waals surface area contributed by atoms with Gasteiger partial charge in [0.1, 0.15) is 0 Å². The second-order valence-corrected chi connectivity index (χ2v) is 7.76. The van der Waals surface area contributed by atoms with E-state index < -0.39 is 0 Å². The number of H-pyrrole nitrogens is 1. The van der Waals surface area contributed by atoms with Gasteiger partial charge in [0.25, 0.3) is 5.56 Å². The Kier molecular flexibility index (Phi) is 6.14. The molecule has 1 aliphatic rings. The maximum atomic E-state index is 12.3. The standard InChI is InChI=1S/C24H27N3O3/c1-17-2-5-19-15-20(24(29)26-22(19)14-17)6-9-23(28)25-16-18-3-7-21(8-4-18)27-10-12-30-13-11-27/h2-5,7-8,14-15H,6,9-13,16H2,1H3,(H,25,28)(H,26,29). The van der Waals surface area contributed by atoms with Gasteiger partial charge < -0.3 is 19.9 Å². The molecule has 6 heteroatoms. The summed E-state index contributed by atoms with van der Waals surface area (Å²) < 4.78 is 5.39. The fraction of sp³-hybridized carbons (Fsp3) is 0.333. The van der Waals surface area contributed by atoms with Gasteiger partial charge in [0, 0.05) is 42.8 Å². The van der Waals surface area contributed by atoms with Crippen LogP contribution in [0, 0.1) is 6.92 Å². The number of anilines is 1. The van der Waals surface area contributed by atoms with Crippen LogP contribution in [0.3, 0.4) is 0 Å². The van der Waals surface area contributed by atoms with E-state index in [0.717, 1.165) is 48.3 Å². The third kappa shape index (κ3) is 4.89. The minimum Gasteiger partial charge on any atom is -0.378 e. The molecule has 2 heterocycles. The predicted molar refractivity (Wildman–Crippen MR) is 119 cm³/mol. The Bertz CT molecular complexity index is 1080. The molecule has 3 aromatic rings. The minimum atomic E-state index is -0.125. The molecule has 0 unspecified atom stereocenters. The van der Waals surface area contributed by atoms with E-state index in [4.69, 9.17) is 4.74 Å². The maximum Gasteiger partial charge on any atom is 0.251 e. The maximum absolute atomic E-state index is 12.3. The van der Waals surface area contributed by atoms with Gasteiger partial charge in [-0.05, 0) is 54.1 Å². The van der Waals surface area contributed by atoms with Gasteiger partial charge in [-0.1, -0.05) is 24.3 Å². The molecule has 30 heavy (non-hydrogen) atoms. The fourth-order valence-corrected chi connectivity index (χ4v) is 3.73. The SMILES string of the molecule is Cc1ccc2cc(CCC(=O)NCc3ccc(N4CCOCC4)cc3)c(=O)[nH]c2c1. The summed E-state index contributed by atoms with van der Waals surface area (Å²) in [5.74, 6) is -0.0596. The van der Waals surface area contributed by atoms with E-state index in [-0.39, 0.29) is 17.9 Å². The number of ether oxygens (including phenoxy) is 1. The summed E-state index contributed by atoms with van der Waals surface area (Å²) in [6, 6.07) is 16.1. The Morgan fingerprint density at radius 3 is 2.63 bits per heavy atom. The lowest BCUT2D eigenvalue weighted by molar-refractivity contribution is -0.121. The van der Waals surface area contributed by atoms with Crippen LogP contribution in [0.2, 0.25) is 0 Å². The summed E-state index contributed by atoms with van der Waals surface area (Å²) in [4.78, 5) is 29.8. The molecule has 1 aliphatic heterocycles. The number of hydrogen-bond acceptors (Lipinski definition) is 4. The zero-order valence-electron chi connectivity index (χ0n) is 17.2. The number of hydrogen-bond donors (Lipinski definition) is 2. The van der Waals surface area contributed by atoms with E-state index >= 15 is 0 Å². The monoisotopic (exact) mass is 405 g/mol. The minimum absolute atomic E-state index is 0.0596. The van der Waals surface area contributed by atoms with E-state index in [1.54, 1.807) is 0 Å². The molecule has 0 aliphatic carbocycles. The number of pyridine rings is 1. The normalized spacial score (nSPS) is 14.1. The highest BCUT2D eigenvalue weighted by Crippen LogP contribution is 2.17. The summed E-state index contributed by atoms with van der Waals surface area (Å²) in [5, 5.41) is 3.93. The van der Waals surface area contributed by atoms with Crippen molar-refractivity contribution >= 4 is 22.5 Å². The number of carbonyl (C=O) groups is 1. The van der Waals surface area contributed by atoms with Gasteiger partial charge in [0.15, 0.2) is 0 Å². The number of amides is 1. The van der Waals surface area contributed by atoms with E-state index in [1.807, 2.05) is 43.3 Å². The van der Waals surface area contributed by atoms with Crippen LogP contribution >= 0.6 is 0 Å². The molecule has 0 spiro atoms. The smallest absolute Gasteiger partial charge is 0.251 e. The van der Waals surface area contributed by atoms with Crippen molar-refractivity contribution in [3.63, 3.8) is 0 Å². The average Bonchev–Trinajstić information content (AvgIpc) is 2.77. The van der Waals surface area contributed by atoms with Gasteiger partial charge in [-0.2, -0.15) is 0 Å². The molecular weight excluding hydrogens is 378 g/mol. The van der Waals surface area contributed by atoms with Crippen molar-refractivity contribution in [3.05, 3.63) is 75.6 Å². The third-order valence-corrected chi connectivity index (χ3v) is 5.50. The van der Waals surface area contributed by atoms with Crippen LogP contribution in [-0.2, 0) is 22.5 Å². The highest BCUT2D eigenvalue weighted by molar-refractivity contribution is 5.80. The van der Waals surface area contributed by atoms with Crippen LogP contribution in [0.4, 0.5) is 5.69 Å². The highest BCUT2D eigenvalue weighted by Gasteiger charge is 2.11. The number of nitrogens with one attached hydrogen (secondary N) is 2. The van der Waals surface area contributed by atoms with Crippen LogP contribution in [0.15, 0.2) is 53.3 Å². The molecule has 6 nitrogen and oxygen atoms in total. The van der Waals surface area contributed by atoms with Crippen LogP contribution in [0.5, 0.6) is 0 Å². The van der Waals surface area contributed by atoms with Gasteiger partial charge in [0.2, 0.25) is 5.91 Å². The first-order valence-corrected chi connectivity index (χ1v) is 10.4. The Balaban J connectivity index is 1.30. The summed E-state index contributed by atoms with van der Waals surface area (Å²) >= 11 is 0. The van der Waals surface area contributed by atoms with Crippen molar-refractivity contribution in [2.75, 3.05) is 31.2 Å². The molecule has 0 atom stereocenters. The molecule has 2 aromatic carbocycles. The van der Waals surface area contributed by atoms with E-state index in [1.165, 1.54) is 5.69 Å². The Morgan fingerprint density at radius 1 is 1.10 bits per heavy atom. The Labute approximate surface area is 175 Å². The fourth-order valence-electron chi connectivity index (χ4n) is 3.73. The number of morpholine rings is 1. The zero-order chi connectivity index (χ0) is 20.9. The number of nitrogens with zero attached hydrogens (tertiary/aromatic N) is 1. The molecule has 0 bridgehead atoms. The number of aromatic nitrogens is 1.